The Morgan fingerprint density at radius 2 is 1.60 bits per heavy atom. The van der Waals surface area contributed by atoms with E-state index in [0.29, 0.717) is 42.5 Å². The summed E-state index contributed by atoms with van der Waals surface area (Å²) in [5.41, 5.74) is 7.61. The zero-order valence-corrected chi connectivity index (χ0v) is 25.1. The zero-order valence-electron chi connectivity index (χ0n) is 24.3. The first-order valence-electron chi connectivity index (χ1n) is 13.4. The third-order valence-corrected chi connectivity index (χ3v) is 7.65. The van der Waals surface area contributed by atoms with Crippen molar-refractivity contribution in [2.45, 2.75) is 26.7 Å². The Kier molecular flexibility index (Phi) is 8.83. The summed E-state index contributed by atoms with van der Waals surface area (Å²) in [5.74, 6) is -2.55. The first-order valence-corrected chi connectivity index (χ1v) is 13.8. The number of hydrogen-bond acceptors (Lipinski definition) is 9. The summed E-state index contributed by atoms with van der Waals surface area (Å²) in [6, 6.07) is 16.0. The predicted octanol–water partition coefficient (Wildman–Crippen LogP) is 3.93. The fourth-order valence-corrected chi connectivity index (χ4v) is 5.59. The number of nitriles is 1. The van der Waals surface area contributed by atoms with Crippen molar-refractivity contribution >= 4 is 40.8 Å². The number of nitrogens with zero attached hydrogens (tertiary/aromatic N) is 4. The molecule has 2 heterocycles. The van der Waals surface area contributed by atoms with Crippen LogP contribution < -0.4 is 15.5 Å². The number of esters is 2. The summed E-state index contributed by atoms with van der Waals surface area (Å²) < 4.78 is 10.2. The normalized spacial score (nSPS) is 17.6. The molecule has 42 heavy (non-hydrogen) atoms. The lowest BCUT2D eigenvalue weighted by Gasteiger charge is -2.39. The van der Waals surface area contributed by atoms with Gasteiger partial charge in [0.05, 0.1) is 48.1 Å². The monoisotopic (exact) mass is 591 g/mol. The van der Waals surface area contributed by atoms with E-state index in [1.54, 1.807) is 48.5 Å². The molecule has 0 bridgehead atoms. The molecule has 2 aromatic carbocycles. The highest BCUT2D eigenvalue weighted by Gasteiger charge is 2.43. The summed E-state index contributed by atoms with van der Waals surface area (Å²) in [6.07, 6.45) is 0. The Morgan fingerprint density at radius 3 is 2.12 bits per heavy atom. The van der Waals surface area contributed by atoms with Gasteiger partial charge in [-0.05, 0) is 23.8 Å². The molecule has 1 amide bonds. The molecule has 0 aromatic heterocycles. The maximum Gasteiger partial charge on any atom is 0.355 e. The summed E-state index contributed by atoms with van der Waals surface area (Å²) in [4.78, 5) is 44.5. The molecule has 2 aliphatic rings. The average molecular weight is 592 g/mol. The molecule has 1 saturated heterocycles. The van der Waals surface area contributed by atoms with Crippen LogP contribution in [0.3, 0.4) is 0 Å². The van der Waals surface area contributed by atoms with Gasteiger partial charge in [0.25, 0.3) is 0 Å². The van der Waals surface area contributed by atoms with Crippen molar-refractivity contribution < 1.29 is 23.9 Å². The van der Waals surface area contributed by atoms with Gasteiger partial charge in [-0.2, -0.15) is 5.26 Å². The predicted molar refractivity (Wildman–Crippen MR) is 159 cm³/mol. The number of carbonyl (C=O) groups is 3. The van der Waals surface area contributed by atoms with Gasteiger partial charge in [0, 0.05) is 37.3 Å². The maximum absolute atomic E-state index is 13.3. The molecule has 1 fully saturated rings. The van der Waals surface area contributed by atoms with E-state index >= 15 is 0 Å². The Labute approximate surface area is 250 Å². The maximum atomic E-state index is 13.3. The number of hydrogen-bond donors (Lipinski definition) is 1. The largest absolute Gasteiger partial charge is 0.466 e. The van der Waals surface area contributed by atoms with Crippen LogP contribution in [0.25, 0.3) is 0 Å². The first-order chi connectivity index (χ1) is 19.9. The van der Waals surface area contributed by atoms with E-state index in [2.05, 4.69) is 11.0 Å². The number of nitrogens with two attached hydrogens (primary N) is 1. The van der Waals surface area contributed by atoms with Gasteiger partial charge in [-0.3, -0.25) is 9.69 Å². The molecule has 0 radical (unpaired) electrons. The lowest BCUT2D eigenvalue weighted by molar-refractivity contribution is -0.139. The molecule has 2 aliphatic heterocycles. The molecule has 0 saturated carbocycles. The van der Waals surface area contributed by atoms with Crippen molar-refractivity contribution in [2.75, 3.05) is 50.2 Å². The molecule has 0 spiro atoms. The number of methoxy groups -OCH3 is 2. The number of piperazine rings is 1. The van der Waals surface area contributed by atoms with Crippen molar-refractivity contribution in [1.82, 2.24) is 4.90 Å². The smallest absolute Gasteiger partial charge is 0.355 e. The van der Waals surface area contributed by atoms with Crippen LogP contribution in [0.5, 0.6) is 0 Å². The summed E-state index contributed by atoms with van der Waals surface area (Å²) in [7, 11) is 2.39. The molecule has 0 aliphatic carbocycles. The van der Waals surface area contributed by atoms with Crippen molar-refractivity contribution in [3.63, 3.8) is 0 Å². The third-order valence-electron chi connectivity index (χ3n) is 7.35. The van der Waals surface area contributed by atoms with Gasteiger partial charge in [0.2, 0.25) is 5.91 Å². The van der Waals surface area contributed by atoms with Crippen LogP contribution in [0, 0.1) is 16.7 Å². The fourth-order valence-electron chi connectivity index (χ4n) is 5.30. The number of allylic oxidation sites excluding steroid dienone is 1. The van der Waals surface area contributed by atoms with Gasteiger partial charge >= 0.3 is 11.9 Å². The molecule has 2 aromatic rings. The van der Waals surface area contributed by atoms with Crippen molar-refractivity contribution in [2.24, 2.45) is 11.1 Å². The second kappa shape index (κ2) is 12.2. The Bertz CT molecular complexity index is 1500. The molecular formula is C31H34ClN5O5. The fraction of sp³-hybridized carbons (Fsp3) is 0.355. The number of anilines is 2. The molecule has 10 nitrogen and oxygen atoms in total. The minimum Gasteiger partial charge on any atom is -0.466 e. The van der Waals surface area contributed by atoms with E-state index in [0.717, 1.165) is 5.69 Å². The van der Waals surface area contributed by atoms with Crippen LogP contribution >= 0.6 is 11.6 Å². The highest BCUT2D eigenvalue weighted by atomic mass is 35.5. The summed E-state index contributed by atoms with van der Waals surface area (Å²) in [5, 5.41) is 10.6. The van der Waals surface area contributed by atoms with Gasteiger partial charge in [0.15, 0.2) is 0 Å². The van der Waals surface area contributed by atoms with Crippen LogP contribution in [-0.2, 0) is 23.9 Å². The van der Waals surface area contributed by atoms with Crippen LogP contribution in [0.4, 0.5) is 11.4 Å². The minimum atomic E-state index is -0.962. The van der Waals surface area contributed by atoms with Crippen LogP contribution in [0.15, 0.2) is 71.2 Å². The number of ether oxygens (including phenoxy) is 2. The number of rotatable bonds is 5. The van der Waals surface area contributed by atoms with Gasteiger partial charge < -0.3 is 25.0 Å². The average Bonchev–Trinajstić information content (AvgIpc) is 2.99. The van der Waals surface area contributed by atoms with E-state index in [1.807, 2.05) is 25.7 Å². The number of carbonyl (C=O) groups excluding carboxylic acids is 3. The number of benzene rings is 2. The van der Waals surface area contributed by atoms with E-state index in [-0.39, 0.29) is 28.6 Å². The third kappa shape index (κ3) is 5.65. The second-order valence-corrected chi connectivity index (χ2v) is 11.4. The first kappa shape index (κ1) is 30.5. The van der Waals surface area contributed by atoms with Crippen LogP contribution in [0.1, 0.15) is 32.3 Å². The van der Waals surface area contributed by atoms with Crippen molar-refractivity contribution in [3.05, 3.63) is 81.8 Å². The van der Waals surface area contributed by atoms with Gasteiger partial charge in [-0.25, -0.2) is 9.59 Å². The quantitative estimate of drug-likeness (QED) is 0.514. The van der Waals surface area contributed by atoms with E-state index in [9.17, 15) is 19.6 Å². The van der Waals surface area contributed by atoms with Crippen molar-refractivity contribution in [1.29, 1.82) is 5.26 Å². The molecular weight excluding hydrogens is 558 g/mol. The van der Waals surface area contributed by atoms with Crippen LogP contribution in [-0.4, -0.2) is 63.1 Å². The number of halogens is 1. The summed E-state index contributed by atoms with van der Waals surface area (Å²) in [6.45, 7) is 8.00. The van der Waals surface area contributed by atoms with Gasteiger partial charge in [-0.1, -0.05) is 62.7 Å². The zero-order chi connectivity index (χ0) is 30.8. The SMILES string of the molecule is COC(=O)C1=C(C(=O)OC)N(c2ccc(N3CCN(C(=O)C(C)(C)C)CC3)c(Cl)c2)C(N)=C(C#N)C1c1ccccc1. The molecule has 1 atom stereocenters. The Balaban J connectivity index is 1.78. The molecule has 2 N–H and O–H groups in total. The van der Waals surface area contributed by atoms with Crippen molar-refractivity contribution in [3.8, 4) is 6.07 Å². The Hall–Kier alpha value is -4.49. The topological polar surface area (TPSA) is 129 Å². The van der Waals surface area contributed by atoms with Gasteiger partial charge in [-0.15, -0.1) is 0 Å². The molecule has 4 rings (SSSR count). The highest BCUT2D eigenvalue weighted by molar-refractivity contribution is 6.33. The highest BCUT2D eigenvalue weighted by Crippen LogP contribution is 2.44. The van der Waals surface area contributed by atoms with Crippen LogP contribution in [0.2, 0.25) is 5.02 Å². The van der Waals surface area contributed by atoms with E-state index in [1.165, 1.54) is 19.1 Å². The van der Waals surface area contributed by atoms with E-state index in [4.69, 9.17) is 26.8 Å². The second-order valence-electron chi connectivity index (χ2n) is 11.0. The summed E-state index contributed by atoms with van der Waals surface area (Å²) >= 11 is 6.79. The molecule has 220 valence electrons. The lowest BCUT2D eigenvalue weighted by atomic mass is 9.81. The van der Waals surface area contributed by atoms with Gasteiger partial charge in [0.1, 0.15) is 11.5 Å². The molecule has 1 unspecified atom stereocenters. The Morgan fingerprint density at radius 1 is 0.976 bits per heavy atom. The minimum absolute atomic E-state index is 0.0440. The number of amides is 1. The molecule has 11 heteroatoms. The standard InChI is InChI=1S/C31H34ClN5O5/c1-31(2,3)30(40)36-15-13-35(14-16-36)23-12-11-20(17-22(23)32)37-26(29(39)42-5)25(28(38)41-4)24(21(18-33)27(37)34)19-9-7-6-8-10-19/h6-12,17,24H,13-16,34H2,1-5H3. The van der Waals surface area contributed by atoms with E-state index < -0.39 is 23.3 Å². The lowest BCUT2D eigenvalue weighted by Crippen LogP contribution is -2.51.